The number of rotatable bonds is 31. The molecule has 4 rings (SSSR count). The second-order valence-electron chi connectivity index (χ2n) is 13.5. The Kier molecular flexibility index (Phi) is 22.5. The number of aryl methyl sites for hydroxylation is 2. The molecule has 0 aliphatic heterocycles. The predicted octanol–water partition coefficient (Wildman–Crippen LogP) is 2.94. The molecular formula is C41H62N4O13. The van der Waals surface area contributed by atoms with E-state index in [0.29, 0.717) is 117 Å². The minimum atomic E-state index is -0.484. The van der Waals surface area contributed by atoms with E-state index in [9.17, 15) is 14.4 Å². The third kappa shape index (κ3) is 16.1. The third-order valence-electron chi connectivity index (χ3n) is 9.33. The van der Waals surface area contributed by atoms with E-state index in [2.05, 4.69) is 4.98 Å². The van der Waals surface area contributed by atoms with Gasteiger partial charge < -0.3 is 51.9 Å². The molecule has 1 aromatic carbocycles. The summed E-state index contributed by atoms with van der Waals surface area (Å²) in [5, 5.41) is 0. The maximum absolute atomic E-state index is 13.5. The SMILES string of the molecule is COCCOCCOCCOCCOCCOCCOCCOCCOCCOC(=O)C=Cc1ccc(-c2nc3c(=O)n(C4CCCCC4)c(=O)n(C)c3n2C)cc1. The van der Waals surface area contributed by atoms with Crippen molar-refractivity contribution in [2.24, 2.45) is 14.1 Å². The van der Waals surface area contributed by atoms with E-state index in [-0.39, 0.29) is 36.0 Å². The number of fused-ring (bicyclic) bond motifs is 1. The summed E-state index contributed by atoms with van der Waals surface area (Å²) in [4.78, 5) is 43.6. The lowest BCUT2D eigenvalue weighted by atomic mass is 9.95. The van der Waals surface area contributed by atoms with Crippen LogP contribution in [0.3, 0.4) is 0 Å². The molecule has 0 saturated heterocycles. The van der Waals surface area contributed by atoms with Crippen LogP contribution in [0.25, 0.3) is 28.6 Å². The summed E-state index contributed by atoms with van der Waals surface area (Å²) in [7, 11) is 5.12. The molecule has 0 spiro atoms. The van der Waals surface area contributed by atoms with Crippen LogP contribution in [0.15, 0.2) is 39.9 Å². The Morgan fingerprint density at radius 2 is 1.09 bits per heavy atom. The summed E-state index contributed by atoms with van der Waals surface area (Å²) in [6, 6.07) is 7.33. The van der Waals surface area contributed by atoms with Crippen LogP contribution in [-0.4, -0.2) is 151 Å². The first-order valence-corrected chi connectivity index (χ1v) is 20.2. The highest BCUT2D eigenvalue weighted by atomic mass is 16.6. The van der Waals surface area contributed by atoms with Gasteiger partial charge in [-0.05, 0) is 24.5 Å². The van der Waals surface area contributed by atoms with Gasteiger partial charge in [-0.3, -0.25) is 13.9 Å². The topological polar surface area (TPSA) is 171 Å². The van der Waals surface area contributed by atoms with Crippen LogP contribution in [0, 0.1) is 0 Å². The molecule has 58 heavy (non-hydrogen) atoms. The Hall–Kier alpha value is -3.78. The van der Waals surface area contributed by atoms with Gasteiger partial charge in [0.2, 0.25) is 0 Å². The molecule has 0 unspecified atom stereocenters. The Balaban J connectivity index is 0.968. The molecule has 1 saturated carbocycles. The average molecular weight is 819 g/mol. The fourth-order valence-electron chi connectivity index (χ4n) is 6.33. The first-order valence-electron chi connectivity index (χ1n) is 20.2. The molecule has 1 aliphatic carbocycles. The first-order chi connectivity index (χ1) is 28.4. The van der Waals surface area contributed by atoms with Crippen LogP contribution < -0.4 is 11.2 Å². The van der Waals surface area contributed by atoms with Gasteiger partial charge in [0.25, 0.3) is 5.56 Å². The van der Waals surface area contributed by atoms with Crippen molar-refractivity contribution in [1.82, 2.24) is 18.7 Å². The molecule has 0 amide bonds. The van der Waals surface area contributed by atoms with Gasteiger partial charge >= 0.3 is 11.7 Å². The van der Waals surface area contributed by atoms with Crippen molar-refractivity contribution in [2.75, 3.05) is 126 Å². The highest BCUT2D eigenvalue weighted by molar-refractivity contribution is 5.87. The Morgan fingerprint density at radius 3 is 1.55 bits per heavy atom. The normalized spacial score (nSPS) is 13.6. The fourth-order valence-corrected chi connectivity index (χ4v) is 6.33. The van der Waals surface area contributed by atoms with Crippen LogP contribution in [0.1, 0.15) is 43.7 Å². The van der Waals surface area contributed by atoms with E-state index in [4.69, 9.17) is 47.4 Å². The fraction of sp³-hybridized carbons (Fsp3) is 0.659. The zero-order chi connectivity index (χ0) is 41.2. The standard InChI is InChI=1S/C41H62N4O13/c1-43-38(42-37-39(43)44(2)41(48)45(40(37)47)35-7-5-4-6-8-35)34-12-9-33(10-13-34)11-14-36(46)58-32-31-57-30-29-56-28-27-55-26-25-54-24-23-53-22-21-52-20-19-51-18-17-50-16-15-49-3/h9-14,35H,4-8,15-32H2,1-3H3. The lowest BCUT2D eigenvalue weighted by molar-refractivity contribution is -0.139. The predicted molar refractivity (Wildman–Crippen MR) is 216 cm³/mol. The van der Waals surface area contributed by atoms with Gasteiger partial charge in [0, 0.05) is 38.9 Å². The Bertz CT molecular complexity index is 1750. The van der Waals surface area contributed by atoms with E-state index >= 15 is 0 Å². The number of carbonyl (C=O) groups excluding carboxylic acids is 1. The Morgan fingerprint density at radius 1 is 0.638 bits per heavy atom. The quantitative estimate of drug-likeness (QED) is 0.0528. The second kappa shape index (κ2) is 27.8. The molecule has 2 heterocycles. The lowest BCUT2D eigenvalue weighted by Crippen LogP contribution is -2.42. The summed E-state index contributed by atoms with van der Waals surface area (Å²) in [5.74, 6) is 0.0906. The third-order valence-corrected chi connectivity index (χ3v) is 9.33. The number of hydrogen-bond acceptors (Lipinski definition) is 14. The minimum absolute atomic E-state index is 0.0916. The molecule has 0 bridgehead atoms. The highest BCUT2D eigenvalue weighted by Crippen LogP contribution is 2.27. The molecule has 1 fully saturated rings. The molecule has 17 nitrogen and oxygen atoms in total. The molecule has 17 heteroatoms. The number of nitrogens with zero attached hydrogens (tertiary/aromatic N) is 4. The van der Waals surface area contributed by atoms with E-state index in [1.165, 1.54) is 15.2 Å². The zero-order valence-electron chi connectivity index (χ0n) is 34.4. The van der Waals surface area contributed by atoms with Gasteiger partial charge in [-0.1, -0.05) is 43.5 Å². The van der Waals surface area contributed by atoms with E-state index in [1.807, 2.05) is 24.3 Å². The molecular weight excluding hydrogens is 756 g/mol. The number of hydrogen-bond donors (Lipinski definition) is 0. The van der Waals surface area contributed by atoms with Crippen molar-refractivity contribution in [3.8, 4) is 11.4 Å². The van der Waals surface area contributed by atoms with Crippen molar-refractivity contribution in [2.45, 2.75) is 38.1 Å². The number of aromatic nitrogens is 4. The monoisotopic (exact) mass is 818 g/mol. The Labute approximate surface area is 340 Å². The number of esters is 1. The van der Waals surface area contributed by atoms with Crippen molar-refractivity contribution < 1.29 is 52.2 Å². The van der Waals surface area contributed by atoms with Gasteiger partial charge in [-0.25, -0.2) is 14.6 Å². The smallest absolute Gasteiger partial charge is 0.332 e. The molecule has 0 radical (unpaired) electrons. The maximum Gasteiger partial charge on any atom is 0.332 e. The van der Waals surface area contributed by atoms with Crippen LogP contribution in [0.4, 0.5) is 0 Å². The molecule has 0 N–H and O–H groups in total. The number of imidazole rings is 1. The van der Waals surface area contributed by atoms with E-state index in [0.717, 1.165) is 43.2 Å². The summed E-state index contributed by atoms with van der Waals surface area (Å²) in [5.41, 5.74) is 1.68. The first kappa shape index (κ1) is 46.9. The van der Waals surface area contributed by atoms with E-state index in [1.54, 1.807) is 31.8 Å². The summed E-state index contributed by atoms with van der Waals surface area (Å²) < 4.78 is 58.4. The van der Waals surface area contributed by atoms with Crippen LogP contribution in [0.5, 0.6) is 0 Å². The van der Waals surface area contributed by atoms with Gasteiger partial charge in [0.05, 0.1) is 112 Å². The zero-order valence-corrected chi connectivity index (χ0v) is 34.4. The number of carbonyl (C=O) groups is 1. The van der Waals surface area contributed by atoms with Crippen LogP contribution in [-0.2, 0) is 66.3 Å². The molecule has 324 valence electrons. The maximum atomic E-state index is 13.5. The number of ether oxygens (including phenoxy) is 10. The molecule has 3 aromatic rings. The number of benzene rings is 1. The lowest BCUT2D eigenvalue weighted by Gasteiger charge is -2.23. The largest absolute Gasteiger partial charge is 0.460 e. The molecule has 1 aliphatic rings. The number of methoxy groups -OCH3 is 1. The average Bonchev–Trinajstić information content (AvgIpc) is 3.59. The van der Waals surface area contributed by atoms with E-state index < -0.39 is 5.97 Å². The van der Waals surface area contributed by atoms with Gasteiger partial charge in [0.15, 0.2) is 5.52 Å². The molecule has 0 atom stereocenters. The summed E-state index contributed by atoms with van der Waals surface area (Å²) >= 11 is 0. The van der Waals surface area contributed by atoms with Crippen LogP contribution in [0.2, 0.25) is 0 Å². The van der Waals surface area contributed by atoms with Crippen molar-refractivity contribution in [3.05, 3.63) is 56.7 Å². The molecule has 2 aromatic heterocycles. The van der Waals surface area contributed by atoms with Crippen LogP contribution >= 0.6 is 0 Å². The van der Waals surface area contributed by atoms with Crippen molar-refractivity contribution in [1.29, 1.82) is 0 Å². The summed E-state index contributed by atoms with van der Waals surface area (Å²) in [6.45, 7) is 8.14. The van der Waals surface area contributed by atoms with Crippen molar-refractivity contribution in [3.63, 3.8) is 0 Å². The van der Waals surface area contributed by atoms with Gasteiger partial charge in [-0.15, -0.1) is 0 Å². The summed E-state index contributed by atoms with van der Waals surface area (Å²) in [6.07, 6.45) is 7.81. The van der Waals surface area contributed by atoms with Gasteiger partial charge in [-0.2, -0.15) is 0 Å². The second-order valence-corrected chi connectivity index (χ2v) is 13.5. The minimum Gasteiger partial charge on any atom is -0.460 e. The van der Waals surface area contributed by atoms with Gasteiger partial charge in [0.1, 0.15) is 18.1 Å². The highest BCUT2D eigenvalue weighted by Gasteiger charge is 2.24. The van der Waals surface area contributed by atoms with Crippen molar-refractivity contribution >= 4 is 23.2 Å².